The van der Waals surface area contributed by atoms with Crippen LogP contribution < -0.4 is 11.3 Å². The summed E-state index contributed by atoms with van der Waals surface area (Å²) >= 11 is 0. The SMILES string of the molecule is NNc1ccnc(CN2CCCCCC2=O)c1. The van der Waals surface area contributed by atoms with Gasteiger partial charge in [0.15, 0.2) is 0 Å². The second kappa shape index (κ2) is 5.63. The Kier molecular flexibility index (Phi) is 3.93. The summed E-state index contributed by atoms with van der Waals surface area (Å²) in [6.07, 6.45) is 5.59. The number of nitrogen functional groups attached to an aromatic ring is 1. The Bertz CT molecular complexity index is 394. The van der Waals surface area contributed by atoms with Crippen molar-refractivity contribution in [3.63, 3.8) is 0 Å². The van der Waals surface area contributed by atoms with Gasteiger partial charge < -0.3 is 10.3 Å². The number of carbonyl (C=O) groups excluding carboxylic acids is 1. The van der Waals surface area contributed by atoms with Gasteiger partial charge in [-0.2, -0.15) is 0 Å². The zero-order valence-electron chi connectivity index (χ0n) is 9.85. The minimum Gasteiger partial charge on any atom is -0.337 e. The Balaban J connectivity index is 2.05. The maximum absolute atomic E-state index is 11.8. The average molecular weight is 234 g/mol. The van der Waals surface area contributed by atoms with Gasteiger partial charge in [-0.15, -0.1) is 0 Å². The third-order valence-electron chi connectivity index (χ3n) is 3.01. The second-order valence-corrected chi connectivity index (χ2v) is 4.31. The van der Waals surface area contributed by atoms with Gasteiger partial charge >= 0.3 is 0 Å². The Morgan fingerprint density at radius 3 is 3.12 bits per heavy atom. The molecule has 1 aliphatic heterocycles. The van der Waals surface area contributed by atoms with Gasteiger partial charge in [0.1, 0.15) is 0 Å². The molecule has 0 bridgehead atoms. The quantitative estimate of drug-likeness (QED) is 0.610. The Labute approximate surface area is 101 Å². The molecule has 2 heterocycles. The number of anilines is 1. The van der Waals surface area contributed by atoms with Gasteiger partial charge in [0.25, 0.3) is 0 Å². The van der Waals surface area contributed by atoms with E-state index in [2.05, 4.69) is 10.4 Å². The van der Waals surface area contributed by atoms with Crippen LogP contribution in [0.5, 0.6) is 0 Å². The first kappa shape index (κ1) is 11.9. The molecule has 1 aliphatic rings. The maximum atomic E-state index is 11.8. The molecular formula is C12H18N4O. The highest BCUT2D eigenvalue weighted by Crippen LogP contribution is 2.15. The van der Waals surface area contributed by atoms with Gasteiger partial charge in [0, 0.05) is 19.2 Å². The molecule has 3 N–H and O–H groups in total. The van der Waals surface area contributed by atoms with Crippen molar-refractivity contribution >= 4 is 11.6 Å². The van der Waals surface area contributed by atoms with E-state index in [1.54, 1.807) is 12.3 Å². The van der Waals surface area contributed by atoms with E-state index in [0.717, 1.165) is 37.2 Å². The minimum absolute atomic E-state index is 0.232. The molecule has 17 heavy (non-hydrogen) atoms. The minimum atomic E-state index is 0.232. The first-order valence-corrected chi connectivity index (χ1v) is 5.99. The summed E-state index contributed by atoms with van der Waals surface area (Å²) in [6, 6.07) is 3.67. The molecule has 1 aromatic rings. The number of hydrogen-bond donors (Lipinski definition) is 2. The molecule has 2 rings (SSSR count). The summed E-state index contributed by atoms with van der Waals surface area (Å²) in [4.78, 5) is 18.0. The summed E-state index contributed by atoms with van der Waals surface area (Å²) in [5.74, 6) is 5.58. The van der Waals surface area contributed by atoms with E-state index < -0.39 is 0 Å². The summed E-state index contributed by atoms with van der Waals surface area (Å²) in [7, 11) is 0. The van der Waals surface area contributed by atoms with Crippen LogP contribution in [0.3, 0.4) is 0 Å². The molecule has 0 radical (unpaired) electrons. The molecule has 0 aromatic carbocycles. The summed E-state index contributed by atoms with van der Waals surface area (Å²) in [5, 5.41) is 0. The lowest BCUT2D eigenvalue weighted by Crippen LogP contribution is -2.30. The zero-order valence-corrected chi connectivity index (χ0v) is 9.85. The molecule has 0 saturated carbocycles. The van der Waals surface area contributed by atoms with Crippen LogP contribution in [0.15, 0.2) is 18.3 Å². The smallest absolute Gasteiger partial charge is 0.222 e. The number of likely N-dealkylation sites (tertiary alicyclic amines) is 1. The van der Waals surface area contributed by atoms with E-state index in [1.807, 2.05) is 11.0 Å². The normalized spacial score (nSPS) is 16.8. The fraction of sp³-hybridized carbons (Fsp3) is 0.500. The van der Waals surface area contributed by atoms with E-state index in [9.17, 15) is 4.79 Å². The van der Waals surface area contributed by atoms with E-state index >= 15 is 0 Å². The molecule has 92 valence electrons. The highest BCUT2D eigenvalue weighted by Gasteiger charge is 2.17. The zero-order chi connectivity index (χ0) is 12.1. The van der Waals surface area contributed by atoms with Gasteiger partial charge in [-0.25, -0.2) is 0 Å². The van der Waals surface area contributed by atoms with Gasteiger partial charge in [-0.05, 0) is 25.0 Å². The van der Waals surface area contributed by atoms with Crippen molar-refractivity contribution in [3.05, 3.63) is 24.0 Å². The third kappa shape index (κ3) is 3.17. The van der Waals surface area contributed by atoms with Crippen LogP contribution in [-0.2, 0) is 11.3 Å². The van der Waals surface area contributed by atoms with Crippen molar-refractivity contribution in [3.8, 4) is 0 Å². The number of amides is 1. The molecule has 0 unspecified atom stereocenters. The summed E-state index contributed by atoms with van der Waals surface area (Å²) in [6.45, 7) is 1.41. The largest absolute Gasteiger partial charge is 0.337 e. The number of nitrogens with one attached hydrogen (secondary N) is 1. The van der Waals surface area contributed by atoms with E-state index in [1.165, 1.54) is 0 Å². The Morgan fingerprint density at radius 2 is 2.29 bits per heavy atom. The lowest BCUT2D eigenvalue weighted by atomic mass is 10.2. The van der Waals surface area contributed by atoms with Crippen LogP contribution >= 0.6 is 0 Å². The third-order valence-corrected chi connectivity index (χ3v) is 3.01. The van der Waals surface area contributed by atoms with E-state index in [-0.39, 0.29) is 5.91 Å². The monoisotopic (exact) mass is 234 g/mol. The summed E-state index contributed by atoms with van der Waals surface area (Å²) < 4.78 is 0. The Hall–Kier alpha value is -1.62. The van der Waals surface area contributed by atoms with E-state index in [0.29, 0.717) is 13.0 Å². The molecule has 5 heteroatoms. The molecule has 0 aliphatic carbocycles. The molecule has 1 fully saturated rings. The van der Waals surface area contributed by atoms with Crippen LogP contribution in [0.1, 0.15) is 31.4 Å². The lowest BCUT2D eigenvalue weighted by Gasteiger charge is -2.20. The lowest BCUT2D eigenvalue weighted by molar-refractivity contribution is -0.131. The van der Waals surface area contributed by atoms with E-state index in [4.69, 9.17) is 5.84 Å². The molecule has 1 aromatic heterocycles. The molecule has 0 atom stereocenters. The fourth-order valence-electron chi connectivity index (χ4n) is 2.06. The highest BCUT2D eigenvalue weighted by molar-refractivity contribution is 5.76. The topological polar surface area (TPSA) is 71.2 Å². The maximum Gasteiger partial charge on any atom is 0.222 e. The van der Waals surface area contributed by atoms with Crippen LogP contribution in [0.25, 0.3) is 0 Å². The predicted octanol–water partition coefficient (Wildman–Crippen LogP) is 1.27. The van der Waals surface area contributed by atoms with Crippen molar-refractivity contribution in [2.75, 3.05) is 12.0 Å². The number of hydrazine groups is 1. The second-order valence-electron chi connectivity index (χ2n) is 4.31. The van der Waals surface area contributed by atoms with Gasteiger partial charge in [-0.3, -0.25) is 15.6 Å². The standard InChI is InChI=1S/C12H18N4O/c13-15-10-5-6-14-11(8-10)9-16-7-3-1-2-4-12(16)17/h5-6,8H,1-4,7,9,13H2,(H,14,15). The number of nitrogens with two attached hydrogens (primary N) is 1. The summed E-state index contributed by atoms with van der Waals surface area (Å²) in [5.41, 5.74) is 4.27. The number of carbonyl (C=O) groups is 1. The Morgan fingerprint density at radius 1 is 1.41 bits per heavy atom. The predicted molar refractivity (Wildman–Crippen MR) is 65.9 cm³/mol. The van der Waals surface area contributed by atoms with Crippen LogP contribution in [0, 0.1) is 0 Å². The number of rotatable bonds is 3. The van der Waals surface area contributed by atoms with Crippen molar-refractivity contribution in [2.24, 2.45) is 5.84 Å². The molecule has 1 amide bonds. The van der Waals surface area contributed by atoms with Gasteiger partial charge in [0.2, 0.25) is 5.91 Å². The van der Waals surface area contributed by atoms with Crippen molar-refractivity contribution < 1.29 is 4.79 Å². The van der Waals surface area contributed by atoms with Crippen LogP contribution in [0.2, 0.25) is 0 Å². The molecule has 5 nitrogen and oxygen atoms in total. The number of hydrogen-bond acceptors (Lipinski definition) is 4. The number of nitrogens with zero attached hydrogens (tertiary/aromatic N) is 2. The molecular weight excluding hydrogens is 216 g/mol. The van der Waals surface area contributed by atoms with Gasteiger partial charge in [-0.1, -0.05) is 6.42 Å². The first-order chi connectivity index (χ1) is 8.29. The molecule has 1 saturated heterocycles. The number of aromatic nitrogens is 1. The highest BCUT2D eigenvalue weighted by atomic mass is 16.2. The fourth-order valence-corrected chi connectivity index (χ4v) is 2.06. The number of pyridine rings is 1. The first-order valence-electron chi connectivity index (χ1n) is 5.99. The molecule has 0 spiro atoms. The van der Waals surface area contributed by atoms with Crippen LogP contribution in [0.4, 0.5) is 5.69 Å². The average Bonchev–Trinajstić information content (AvgIpc) is 2.55. The van der Waals surface area contributed by atoms with Crippen molar-refractivity contribution in [2.45, 2.75) is 32.2 Å². The van der Waals surface area contributed by atoms with Crippen LogP contribution in [-0.4, -0.2) is 22.3 Å². The van der Waals surface area contributed by atoms with Crippen molar-refractivity contribution in [1.82, 2.24) is 9.88 Å². The van der Waals surface area contributed by atoms with Gasteiger partial charge in [0.05, 0.1) is 17.9 Å². The van der Waals surface area contributed by atoms with Crippen molar-refractivity contribution in [1.29, 1.82) is 0 Å².